The predicted octanol–water partition coefficient (Wildman–Crippen LogP) is 4.29. The van der Waals surface area contributed by atoms with E-state index in [-0.39, 0.29) is 5.41 Å². The van der Waals surface area contributed by atoms with Crippen molar-refractivity contribution in [3.05, 3.63) is 41.3 Å². The molecule has 1 aromatic heterocycles. The normalized spacial score (nSPS) is 11.7. The first-order valence-corrected chi connectivity index (χ1v) is 6.30. The van der Waals surface area contributed by atoms with Crippen LogP contribution in [0.15, 0.2) is 35.7 Å². The lowest BCUT2D eigenvalue weighted by Crippen LogP contribution is -2.13. The molecule has 0 saturated heterocycles. The lowest BCUT2D eigenvalue weighted by atomic mass is 9.85. The second kappa shape index (κ2) is 3.95. The SMILES string of the molecule is CC(C)(C)c1ccc(-c2cccs2)cc1N. The van der Waals surface area contributed by atoms with Crippen LogP contribution in [0.3, 0.4) is 0 Å². The van der Waals surface area contributed by atoms with Crippen molar-refractivity contribution in [2.75, 3.05) is 5.73 Å². The zero-order chi connectivity index (χ0) is 11.8. The van der Waals surface area contributed by atoms with Crippen LogP contribution >= 0.6 is 11.3 Å². The molecule has 2 heteroatoms. The molecule has 84 valence electrons. The molecule has 0 aliphatic rings. The molecule has 0 amide bonds. The predicted molar refractivity (Wildman–Crippen MR) is 72.9 cm³/mol. The van der Waals surface area contributed by atoms with Gasteiger partial charge in [0.25, 0.3) is 0 Å². The van der Waals surface area contributed by atoms with E-state index in [1.165, 1.54) is 16.0 Å². The van der Waals surface area contributed by atoms with Crippen molar-refractivity contribution in [2.45, 2.75) is 26.2 Å². The Bertz CT molecular complexity index is 478. The molecule has 2 N–H and O–H groups in total. The highest BCUT2D eigenvalue weighted by atomic mass is 32.1. The maximum atomic E-state index is 6.12. The second-order valence-corrected chi connectivity index (χ2v) is 5.98. The van der Waals surface area contributed by atoms with Gasteiger partial charge in [-0.05, 0) is 34.1 Å². The Balaban J connectivity index is 2.45. The van der Waals surface area contributed by atoms with Gasteiger partial charge in [-0.25, -0.2) is 0 Å². The van der Waals surface area contributed by atoms with Gasteiger partial charge in [0.05, 0.1) is 0 Å². The van der Waals surface area contributed by atoms with Gasteiger partial charge in [-0.2, -0.15) is 0 Å². The Morgan fingerprint density at radius 1 is 1.12 bits per heavy atom. The van der Waals surface area contributed by atoms with E-state index < -0.39 is 0 Å². The van der Waals surface area contributed by atoms with Gasteiger partial charge in [0.2, 0.25) is 0 Å². The largest absolute Gasteiger partial charge is 0.398 e. The highest BCUT2D eigenvalue weighted by Crippen LogP contribution is 2.32. The number of anilines is 1. The molecule has 0 atom stereocenters. The van der Waals surface area contributed by atoms with E-state index in [2.05, 4.69) is 56.5 Å². The van der Waals surface area contributed by atoms with E-state index in [1.54, 1.807) is 11.3 Å². The van der Waals surface area contributed by atoms with Crippen LogP contribution in [0, 0.1) is 0 Å². The zero-order valence-corrected chi connectivity index (χ0v) is 10.8. The molecule has 0 bridgehead atoms. The zero-order valence-electron chi connectivity index (χ0n) is 9.95. The van der Waals surface area contributed by atoms with Crippen molar-refractivity contribution < 1.29 is 0 Å². The van der Waals surface area contributed by atoms with Crippen LogP contribution in [-0.4, -0.2) is 0 Å². The van der Waals surface area contributed by atoms with Gasteiger partial charge in [0.1, 0.15) is 0 Å². The summed E-state index contributed by atoms with van der Waals surface area (Å²) in [6.07, 6.45) is 0. The highest BCUT2D eigenvalue weighted by Gasteiger charge is 2.16. The average molecular weight is 231 g/mol. The van der Waals surface area contributed by atoms with Crippen molar-refractivity contribution in [3.8, 4) is 10.4 Å². The molecule has 0 unspecified atom stereocenters. The van der Waals surface area contributed by atoms with Crippen LogP contribution in [0.4, 0.5) is 5.69 Å². The molecule has 0 spiro atoms. The fraction of sp³-hybridized carbons (Fsp3) is 0.286. The Morgan fingerprint density at radius 2 is 1.88 bits per heavy atom. The topological polar surface area (TPSA) is 26.0 Å². The lowest BCUT2D eigenvalue weighted by Gasteiger charge is -2.21. The monoisotopic (exact) mass is 231 g/mol. The van der Waals surface area contributed by atoms with Gasteiger partial charge < -0.3 is 5.73 Å². The minimum Gasteiger partial charge on any atom is -0.398 e. The van der Waals surface area contributed by atoms with E-state index in [0.717, 1.165) is 5.69 Å². The van der Waals surface area contributed by atoms with Gasteiger partial charge in [-0.15, -0.1) is 11.3 Å². The van der Waals surface area contributed by atoms with Gasteiger partial charge in [-0.3, -0.25) is 0 Å². The van der Waals surface area contributed by atoms with Crippen molar-refractivity contribution in [2.24, 2.45) is 0 Å². The fourth-order valence-electron chi connectivity index (χ4n) is 1.84. The number of hydrogen-bond donors (Lipinski definition) is 1. The Hall–Kier alpha value is -1.28. The minimum atomic E-state index is 0.109. The van der Waals surface area contributed by atoms with Crippen molar-refractivity contribution >= 4 is 17.0 Å². The number of nitrogen functional groups attached to an aromatic ring is 1. The number of nitrogens with two attached hydrogens (primary N) is 1. The average Bonchev–Trinajstić information content (AvgIpc) is 2.68. The third kappa shape index (κ3) is 2.12. The molecule has 2 aromatic rings. The summed E-state index contributed by atoms with van der Waals surface area (Å²) in [5, 5.41) is 2.09. The fourth-order valence-corrected chi connectivity index (χ4v) is 2.57. The molecule has 0 fully saturated rings. The Labute approximate surface area is 101 Å². The summed E-state index contributed by atoms with van der Waals surface area (Å²) in [5.74, 6) is 0. The Kier molecular flexibility index (Phi) is 2.76. The summed E-state index contributed by atoms with van der Waals surface area (Å²) < 4.78 is 0. The van der Waals surface area contributed by atoms with E-state index >= 15 is 0 Å². The molecule has 0 aliphatic heterocycles. The van der Waals surface area contributed by atoms with E-state index in [9.17, 15) is 0 Å². The van der Waals surface area contributed by atoms with Crippen LogP contribution in [0.1, 0.15) is 26.3 Å². The summed E-state index contributed by atoms with van der Waals surface area (Å²) in [6, 6.07) is 10.6. The summed E-state index contributed by atoms with van der Waals surface area (Å²) in [4.78, 5) is 1.27. The highest BCUT2D eigenvalue weighted by molar-refractivity contribution is 7.13. The van der Waals surface area contributed by atoms with Gasteiger partial charge >= 0.3 is 0 Å². The second-order valence-electron chi connectivity index (χ2n) is 5.03. The molecule has 0 aliphatic carbocycles. The maximum absolute atomic E-state index is 6.12. The smallest absolute Gasteiger partial charge is 0.0358 e. The summed E-state index contributed by atoms with van der Waals surface area (Å²) >= 11 is 1.74. The first kappa shape index (κ1) is 11.2. The molecule has 0 saturated carbocycles. The van der Waals surface area contributed by atoms with Crippen LogP contribution in [0.2, 0.25) is 0 Å². The van der Waals surface area contributed by atoms with Crippen LogP contribution in [-0.2, 0) is 5.41 Å². The first-order valence-electron chi connectivity index (χ1n) is 5.42. The molecule has 1 aromatic carbocycles. The van der Waals surface area contributed by atoms with E-state index in [0.29, 0.717) is 0 Å². The van der Waals surface area contributed by atoms with E-state index in [1.807, 2.05) is 0 Å². The number of hydrogen-bond acceptors (Lipinski definition) is 2. The lowest BCUT2D eigenvalue weighted by molar-refractivity contribution is 0.593. The molecular formula is C14H17NS. The van der Waals surface area contributed by atoms with Crippen LogP contribution < -0.4 is 5.73 Å². The van der Waals surface area contributed by atoms with Crippen LogP contribution in [0.5, 0.6) is 0 Å². The molecule has 1 heterocycles. The van der Waals surface area contributed by atoms with Crippen molar-refractivity contribution in [1.82, 2.24) is 0 Å². The minimum absolute atomic E-state index is 0.109. The van der Waals surface area contributed by atoms with Crippen LogP contribution in [0.25, 0.3) is 10.4 Å². The summed E-state index contributed by atoms with van der Waals surface area (Å²) in [5.41, 5.74) is 9.54. The van der Waals surface area contributed by atoms with Gasteiger partial charge in [0, 0.05) is 10.6 Å². The number of rotatable bonds is 1. The first-order chi connectivity index (χ1) is 7.48. The number of benzene rings is 1. The molecular weight excluding hydrogens is 214 g/mol. The van der Waals surface area contributed by atoms with Gasteiger partial charge in [-0.1, -0.05) is 39.0 Å². The Morgan fingerprint density at radius 3 is 2.38 bits per heavy atom. The molecule has 0 radical (unpaired) electrons. The molecule has 2 rings (SSSR count). The summed E-state index contributed by atoms with van der Waals surface area (Å²) in [7, 11) is 0. The van der Waals surface area contributed by atoms with E-state index in [4.69, 9.17) is 5.73 Å². The quantitative estimate of drug-likeness (QED) is 0.728. The molecule has 1 nitrogen and oxygen atoms in total. The standard InChI is InChI=1S/C14H17NS/c1-14(2,3)11-7-6-10(9-12(11)15)13-5-4-8-16-13/h4-9H,15H2,1-3H3. The van der Waals surface area contributed by atoms with Gasteiger partial charge in [0.15, 0.2) is 0 Å². The number of thiophene rings is 1. The summed E-state index contributed by atoms with van der Waals surface area (Å²) in [6.45, 7) is 6.55. The molecule has 16 heavy (non-hydrogen) atoms. The van der Waals surface area contributed by atoms with Crippen molar-refractivity contribution in [3.63, 3.8) is 0 Å². The maximum Gasteiger partial charge on any atom is 0.0358 e. The third-order valence-corrected chi connectivity index (χ3v) is 3.58. The third-order valence-electron chi connectivity index (χ3n) is 2.67. The van der Waals surface area contributed by atoms with Crippen molar-refractivity contribution in [1.29, 1.82) is 0 Å².